The van der Waals surface area contributed by atoms with Gasteiger partial charge in [-0.3, -0.25) is 9.48 Å². The molecule has 1 aromatic carbocycles. The molecule has 1 N–H and O–H groups in total. The van der Waals surface area contributed by atoms with Gasteiger partial charge in [0.25, 0.3) is 0 Å². The topological polar surface area (TPSA) is 58.4 Å². The van der Waals surface area contributed by atoms with E-state index >= 15 is 0 Å². The van der Waals surface area contributed by atoms with Gasteiger partial charge in [-0.1, -0.05) is 6.07 Å². The number of carbonyl (C=O) groups excluding carboxylic acids is 1. The van der Waals surface area contributed by atoms with Crippen molar-refractivity contribution in [2.24, 2.45) is 0 Å². The summed E-state index contributed by atoms with van der Waals surface area (Å²) >= 11 is 0. The molecule has 0 spiro atoms. The summed E-state index contributed by atoms with van der Waals surface area (Å²) in [6.07, 6.45) is -1.78. The monoisotopic (exact) mass is 327 g/mol. The van der Waals surface area contributed by atoms with Crippen LogP contribution < -0.4 is 0 Å². The van der Waals surface area contributed by atoms with Crippen molar-refractivity contribution in [1.82, 2.24) is 14.7 Å². The van der Waals surface area contributed by atoms with Gasteiger partial charge in [0, 0.05) is 31.4 Å². The Hall–Kier alpha value is -2.51. The highest BCUT2D eigenvalue weighted by molar-refractivity contribution is 5.79. The molecule has 1 amide bonds. The highest BCUT2D eigenvalue weighted by Gasteiger charge is 2.28. The van der Waals surface area contributed by atoms with Crippen LogP contribution in [0.15, 0.2) is 30.6 Å². The van der Waals surface area contributed by atoms with Gasteiger partial charge in [-0.2, -0.15) is 18.3 Å². The molecule has 0 saturated carbocycles. The molecule has 0 atom stereocenters. The van der Waals surface area contributed by atoms with Gasteiger partial charge in [0.2, 0.25) is 5.91 Å². The largest absolute Gasteiger partial charge is 0.507 e. The summed E-state index contributed by atoms with van der Waals surface area (Å²) in [6.45, 7) is -1.20. The Labute approximate surface area is 130 Å². The van der Waals surface area contributed by atoms with E-state index in [1.54, 1.807) is 26.2 Å². The Morgan fingerprint density at radius 2 is 2.04 bits per heavy atom. The van der Waals surface area contributed by atoms with Crippen LogP contribution in [0.25, 0.3) is 11.1 Å². The van der Waals surface area contributed by atoms with Gasteiger partial charge < -0.3 is 10.0 Å². The summed E-state index contributed by atoms with van der Waals surface area (Å²) in [6, 6.07) is 4.58. The Balaban J connectivity index is 2.27. The van der Waals surface area contributed by atoms with Crippen LogP contribution in [0.2, 0.25) is 0 Å². The molecule has 124 valence electrons. The number of halogens is 3. The van der Waals surface area contributed by atoms with E-state index in [2.05, 4.69) is 5.10 Å². The second-order valence-corrected chi connectivity index (χ2v) is 5.36. The number of amides is 1. The number of hydrogen-bond acceptors (Lipinski definition) is 3. The number of rotatable bonds is 4. The highest BCUT2D eigenvalue weighted by atomic mass is 19.4. The number of alkyl halides is 3. The van der Waals surface area contributed by atoms with Gasteiger partial charge in [-0.15, -0.1) is 0 Å². The molecule has 2 aromatic rings. The van der Waals surface area contributed by atoms with E-state index in [0.29, 0.717) is 16.7 Å². The summed E-state index contributed by atoms with van der Waals surface area (Å²) in [5.41, 5.74) is 1.34. The molecule has 0 fully saturated rings. The average Bonchev–Trinajstić information content (AvgIpc) is 2.86. The van der Waals surface area contributed by atoms with E-state index in [4.69, 9.17) is 0 Å². The average molecular weight is 327 g/mol. The van der Waals surface area contributed by atoms with Crippen molar-refractivity contribution in [3.05, 3.63) is 36.2 Å². The van der Waals surface area contributed by atoms with Crippen molar-refractivity contribution < 1.29 is 23.1 Å². The van der Waals surface area contributed by atoms with E-state index < -0.39 is 12.7 Å². The number of likely N-dealkylation sites (N-methyl/N-ethyl adjacent to an activating group) is 1. The van der Waals surface area contributed by atoms with Crippen LogP contribution in [0.4, 0.5) is 13.2 Å². The van der Waals surface area contributed by atoms with Crippen molar-refractivity contribution in [3.8, 4) is 16.9 Å². The van der Waals surface area contributed by atoms with Gasteiger partial charge in [0.15, 0.2) is 0 Å². The number of aromatic hydroxyl groups is 1. The molecule has 0 bridgehead atoms. The molecule has 0 aliphatic carbocycles. The van der Waals surface area contributed by atoms with Gasteiger partial charge >= 0.3 is 6.18 Å². The van der Waals surface area contributed by atoms with Crippen LogP contribution in [-0.4, -0.2) is 46.0 Å². The van der Waals surface area contributed by atoms with Gasteiger partial charge in [0.05, 0.1) is 12.6 Å². The first kappa shape index (κ1) is 16.9. The molecule has 8 heteroatoms. The van der Waals surface area contributed by atoms with Crippen LogP contribution in [0.1, 0.15) is 5.56 Å². The molecule has 23 heavy (non-hydrogen) atoms. The lowest BCUT2D eigenvalue weighted by Crippen LogP contribution is -2.23. The first-order valence-corrected chi connectivity index (χ1v) is 6.77. The zero-order chi connectivity index (χ0) is 17.2. The van der Waals surface area contributed by atoms with Crippen molar-refractivity contribution in [1.29, 1.82) is 0 Å². The third kappa shape index (κ3) is 4.48. The summed E-state index contributed by atoms with van der Waals surface area (Å²) in [5, 5.41) is 13.6. The third-order valence-electron chi connectivity index (χ3n) is 3.20. The molecular formula is C15H16F3N3O2. The predicted octanol–water partition coefficient (Wildman–Crippen LogP) is 2.45. The van der Waals surface area contributed by atoms with E-state index in [1.165, 1.54) is 23.4 Å². The summed E-state index contributed by atoms with van der Waals surface area (Å²) in [4.78, 5) is 13.2. The molecule has 1 heterocycles. The molecule has 0 unspecified atom stereocenters. The number of phenolic OH excluding ortho intramolecular Hbond substituents is 1. The number of hydrogen-bond donors (Lipinski definition) is 1. The van der Waals surface area contributed by atoms with Crippen molar-refractivity contribution in [2.45, 2.75) is 19.1 Å². The lowest BCUT2D eigenvalue weighted by atomic mass is 10.0. The maximum atomic E-state index is 12.4. The fourth-order valence-electron chi connectivity index (χ4n) is 2.03. The predicted molar refractivity (Wildman–Crippen MR) is 77.8 cm³/mol. The van der Waals surface area contributed by atoms with Crippen LogP contribution in [0.3, 0.4) is 0 Å². The molecule has 0 aliphatic heterocycles. The summed E-state index contributed by atoms with van der Waals surface area (Å²) in [7, 11) is 3.26. The van der Waals surface area contributed by atoms with Crippen LogP contribution in [0.5, 0.6) is 5.75 Å². The van der Waals surface area contributed by atoms with Crippen molar-refractivity contribution in [2.75, 3.05) is 14.1 Å². The standard InChI is InChI=1S/C15H16F3N3O2/c1-20(2)14(23)6-10-3-4-13(22)12(5-10)11-7-19-21(8-11)9-15(16,17)18/h3-5,7-8,22H,6,9H2,1-2H3. The van der Waals surface area contributed by atoms with Crippen LogP contribution in [0, 0.1) is 0 Å². The maximum absolute atomic E-state index is 12.4. The Kier molecular flexibility index (Phi) is 4.63. The normalized spacial score (nSPS) is 11.5. The number of phenols is 1. The van der Waals surface area contributed by atoms with Crippen LogP contribution >= 0.6 is 0 Å². The van der Waals surface area contributed by atoms with E-state index in [-0.39, 0.29) is 18.1 Å². The minimum Gasteiger partial charge on any atom is -0.507 e. The smallest absolute Gasteiger partial charge is 0.408 e. The Bertz CT molecular complexity index is 708. The summed E-state index contributed by atoms with van der Waals surface area (Å²) in [5.74, 6) is -0.202. The number of aromatic nitrogens is 2. The summed E-state index contributed by atoms with van der Waals surface area (Å²) < 4.78 is 37.8. The van der Waals surface area contributed by atoms with E-state index in [9.17, 15) is 23.1 Å². The zero-order valence-electron chi connectivity index (χ0n) is 12.6. The molecule has 1 aromatic heterocycles. The number of carbonyl (C=O) groups is 1. The van der Waals surface area contributed by atoms with Gasteiger partial charge in [-0.05, 0) is 17.7 Å². The second kappa shape index (κ2) is 6.31. The second-order valence-electron chi connectivity index (χ2n) is 5.36. The SMILES string of the molecule is CN(C)C(=O)Cc1ccc(O)c(-c2cnn(CC(F)(F)F)c2)c1. The lowest BCUT2D eigenvalue weighted by Gasteiger charge is -2.11. The molecular weight excluding hydrogens is 311 g/mol. The molecule has 0 aliphatic rings. The fourth-order valence-corrected chi connectivity index (χ4v) is 2.03. The minimum atomic E-state index is -4.37. The first-order valence-electron chi connectivity index (χ1n) is 6.77. The van der Waals surface area contributed by atoms with E-state index in [0.717, 1.165) is 4.68 Å². The fraction of sp³-hybridized carbons (Fsp3) is 0.333. The van der Waals surface area contributed by atoms with Crippen LogP contribution in [-0.2, 0) is 17.8 Å². The number of nitrogens with zero attached hydrogens (tertiary/aromatic N) is 3. The molecule has 0 radical (unpaired) electrons. The lowest BCUT2D eigenvalue weighted by molar-refractivity contribution is -0.142. The first-order chi connectivity index (χ1) is 10.7. The Morgan fingerprint density at radius 1 is 1.35 bits per heavy atom. The highest BCUT2D eigenvalue weighted by Crippen LogP contribution is 2.30. The quantitative estimate of drug-likeness (QED) is 0.938. The minimum absolute atomic E-state index is 0.0855. The third-order valence-corrected chi connectivity index (χ3v) is 3.20. The van der Waals surface area contributed by atoms with Gasteiger partial charge in [0.1, 0.15) is 12.3 Å². The Morgan fingerprint density at radius 3 is 2.65 bits per heavy atom. The number of benzene rings is 1. The molecule has 2 rings (SSSR count). The zero-order valence-corrected chi connectivity index (χ0v) is 12.6. The van der Waals surface area contributed by atoms with Gasteiger partial charge in [-0.25, -0.2) is 0 Å². The molecule has 0 saturated heterocycles. The van der Waals surface area contributed by atoms with Crippen molar-refractivity contribution in [3.63, 3.8) is 0 Å². The van der Waals surface area contributed by atoms with Crippen molar-refractivity contribution >= 4 is 5.91 Å². The van der Waals surface area contributed by atoms with E-state index in [1.807, 2.05) is 0 Å². The maximum Gasteiger partial charge on any atom is 0.408 e. The molecule has 5 nitrogen and oxygen atoms in total.